The Morgan fingerprint density at radius 2 is 0.808 bits per heavy atom. The number of amides is 1. The van der Waals surface area contributed by atoms with E-state index in [2.05, 4.69) is 55.6 Å². The summed E-state index contributed by atoms with van der Waals surface area (Å²) in [6.45, 7) is 4.02. The van der Waals surface area contributed by atoms with Gasteiger partial charge in [-0.25, -0.2) is 0 Å². The molecule has 6 heteroatoms. The summed E-state index contributed by atoms with van der Waals surface area (Å²) in [6.07, 6.45) is 47.6. The van der Waals surface area contributed by atoms with E-state index in [1.165, 1.54) is 135 Å². The second kappa shape index (κ2) is 40.7. The third-order valence-electron chi connectivity index (χ3n) is 10.3. The van der Waals surface area contributed by atoms with Crippen LogP contribution in [0, 0.1) is 0 Å². The fourth-order valence-electron chi connectivity index (χ4n) is 6.73. The molecule has 52 heavy (non-hydrogen) atoms. The van der Waals surface area contributed by atoms with Crippen LogP contribution in [0.3, 0.4) is 0 Å². The number of nitrogens with one attached hydrogen (secondary N) is 1. The molecule has 1 amide bonds. The zero-order valence-corrected chi connectivity index (χ0v) is 34.3. The minimum absolute atomic E-state index is 0.360. The first-order valence-corrected chi connectivity index (χ1v) is 22.4. The molecule has 0 rings (SSSR count). The highest BCUT2D eigenvalue weighted by Gasteiger charge is 2.28. The topological polar surface area (TPSA) is 110 Å². The Kier molecular flexibility index (Phi) is 39.6. The first-order chi connectivity index (χ1) is 25.5. The van der Waals surface area contributed by atoms with E-state index in [9.17, 15) is 25.2 Å². The number of carbonyl (C=O) groups is 1. The van der Waals surface area contributed by atoms with E-state index in [0.717, 1.165) is 51.4 Å². The lowest BCUT2D eigenvalue weighted by Crippen LogP contribution is -2.53. The van der Waals surface area contributed by atoms with Crippen LogP contribution in [-0.2, 0) is 4.79 Å². The van der Waals surface area contributed by atoms with Gasteiger partial charge in [0, 0.05) is 0 Å². The molecule has 0 saturated heterocycles. The quantitative estimate of drug-likeness (QED) is 0.0318. The molecule has 4 unspecified atom stereocenters. The lowest BCUT2D eigenvalue weighted by atomic mass is 10.00. The molecule has 6 nitrogen and oxygen atoms in total. The zero-order chi connectivity index (χ0) is 38.2. The molecule has 0 heterocycles. The molecule has 0 aliphatic heterocycles. The van der Waals surface area contributed by atoms with Gasteiger partial charge in [0.25, 0.3) is 0 Å². The summed E-state index contributed by atoms with van der Waals surface area (Å²) >= 11 is 0. The van der Waals surface area contributed by atoms with Gasteiger partial charge < -0.3 is 25.7 Å². The first kappa shape index (κ1) is 50.5. The summed E-state index contributed by atoms with van der Waals surface area (Å²) < 4.78 is 0. The monoisotopic (exact) mass is 734 g/mol. The van der Waals surface area contributed by atoms with Crippen molar-refractivity contribution < 1.29 is 25.2 Å². The van der Waals surface area contributed by atoms with Crippen molar-refractivity contribution in [1.29, 1.82) is 0 Å². The van der Waals surface area contributed by atoms with Gasteiger partial charge in [-0.2, -0.15) is 0 Å². The summed E-state index contributed by atoms with van der Waals surface area (Å²) in [6, 6.07) is -1.01. The Bertz CT molecular complexity index is 828. The van der Waals surface area contributed by atoms with Gasteiger partial charge in [-0.15, -0.1) is 0 Å². The molecule has 4 atom stereocenters. The van der Waals surface area contributed by atoms with Gasteiger partial charge in [-0.05, 0) is 64.2 Å². The van der Waals surface area contributed by atoms with E-state index in [4.69, 9.17) is 0 Å². The molecule has 0 spiro atoms. The van der Waals surface area contributed by atoms with E-state index in [1.807, 2.05) is 0 Å². The van der Waals surface area contributed by atoms with Gasteiger partial charge in [0.15, 0.2) is 0 Å². The predicted molar refractivity (Wildman–Crippen MR) is 224 cm³/mol. The molecule has 0 aromatic rings. The van der Waals surface area contributed by atoms with Gasteiger partial charge in [0.1, 0.15) is 12.2 Å². The van der Waals surface area contributed by atoms with Crippen LogP contribution in [0.1, 0.15) is 219 Å². The Balaban J connectivity index is 3.80. The number of aliphatic hydroxyl groups excluding tert-OH is 4. The van der Waals surface area contributed by atoms with E-state index in [1.54, 1.807) is 0 Å². The lowest BCUT2D eigenvalue weighted by Gasteiger charge is -2.27. The molecule has 0 aromatic heterocycles. The third kappa shape index (κ3) is 34.3. The van der Waals surface area contributed by atoms with Crippen LogP contribution in [0.4, 0.5) is 0 Å². The molecule has 0 radical (unpaired) electrons. The SMILES string of the molecule is CCCCCCCCCCCCC/C=C/CC/C=C/CC/C=C/CCCC(O)C(O)C(CO)NC(=O)C(O)CCCCCCCCCCCCCC. The molecule has 0 aliphatic carbocycles. The van der Waals surface area contributed by atoms with Gasteiger partial charge in [0.05, 0.1) is 18.8 Å². The molecule has 0 saturated carbocycles. The zero-order valence-electron chi connectivity index (χ0n) is 34.3. The van der Waals surface area contributed by atoms with Crippen molar-refractivity contribution in [2.75, 3.05) is 6.61 Å². The Hall–Kier alpha value is -1.47. The maximum absolute atomic E-state index is 12.5. The summed E-state index contributed by atoms with van der Waals surface area (Å²) in [5.74, 6) is -0.600. The molecule has 0 fully saturated rings. The van der Waals surface area contributed by atoms with Gasteiger partial charge in [-0.3, -0.25) is 4.79 Å². The highest BCUT2D eigenvalue weighted by molar-refractivity contribution is 5.80. The second-order valence-corrected chi connectivity index (χ2v) is 15.4. The van der Waals surface area contributed by atoms with Crippen molar-refractivity contribution in [2.45, 2.75) is 244 Å². The van der Waals surface area contributed by atoms with Crippen LogP contribution in [-0.4, -0.2) is 57.3 Å². The first-order valence-electron chi connectivity index (χ1n) is 22.4. The number of unbranched alkanes of at least 4 members (excludes halogenated alkanes) is 25. The van der Waals surface area contributed by atoms with Crippen LogP contribution in [0.2, 0.25) is 0 Å². The highest BCUT2D eigenvalue weighted by atomic mass is 16.3. The standard InChI is InChI=1S/C46H87NO5/c1-3-5-7-9-11-13-15-17-18-19-20-21-22-23-24-25-26-27-28-30-31-33-35-37-39-43(49)45(51)42(41-48)47-46(52)44(50)40-38-36-34-32-29-16-14-12-10-8-6-4-2/h22-23,26-27,31,33,42-45,48-51H,3-21,24-25,28-30,32,34-41H2,1-2H3,(H,47,52)/b23-22+,27-26+,33-31+. The maximum atomic E-state index is 12.5. The van der Waals surface area contributed by atoms with E-state index in [-0.39, 0.29) is 0 Å². The normalized spacial score (nSPS) is 14.5. The van der Waals surface area contributed by atoms with Gasteiger partial charge >= 0.3 is 0 Å². The number of hydrogen-bond donors (Lipinski definition) is 5. The molecule has 0 bridgehead atoms. The van der Waals surface area contributed by atoms with Gasteiger partial charge in [0.2, 0.25) is 5.91 Å². The van der Waals surface area contributed by atoms with Crippen molar-refractivity contribution in [3.8, 4) is 0 Å². The number of allylic oxidation sites excluding steroid dienone is 6. The largest absolute Gasteiger partial charge is 0.394 e. The molecular weight excluding hydrogens is 647 g/mol. The van der Waals surface area contributed by atoms with Crippen molar-refractivity contribution in [3.05, 3.63) is 36.5 Å². The summed E-state index contributed by atoms with van der Waals surface area (Å²) in [4.78, 5) is 12.5. The summed E-state index contributed by atoms with van der Waals surface area (Å²) in [5, 5.41) is 43.6. The maximum Gasteiger partial charge on any atom is 0.249 e. The number of hydrogen-bond acceptors (Lipinski definition) is 5. The van der Waals surface area contributed by atoms with E-state index in [0.29, 0.717) is 19.3 Å². The van der Waals surface area contributed by atoms with Crippen molar-refractivity contribution >= 4 is 5.91 Å². The summed E-state index contributed by atoms with van der Waals surface area (Å²) in [7, 11) is 0. The number of carbonyl (C=O) groups excluding carboxylic acids is 1. The second-order valence-electron chi connectivity index (χ2n) is 15.4. The molecule has 5 N–H and O–H groups in total. The molecule has 306 valence electrons. The number of aliphatic hydroxyl groups is 4. The average molecular weight is 734 g/mol. The van der Waals surface area contributed by atoms with Crippen LogP contribution in [0.25, 0.3) is 0 Å². The lowest BCUT2D eigenvalue weighted by molar-refractivity contribution is -0.132. The minimum atomic E-state index is -1.29. The Labute approximate surface area is 322 Å². The van der Waals surface area contributed by atoms with E-state index >= 15 is 0 Å². The molecular formula is C46H87NO5. The van der Waals surface area contributed by atoms with Crippen LogP contribution >= 0.6 is 0 Å². The van der Waals surface area contributed by atoms with E-state index < -0.39 is 36.9 Å². The smallest absolute Gasteiger partial charge is 0.249 e. The average Bonchev–Trinajstić information content (AvgIpc) is 3.15. The summed E-state index contributed by atoms with van der Waals surface area (Å²) in [5.41, 5.74) is 0. The highest BCUT2D eigenvalue weighted by Crippen LogP contribution is 2.15. The van der Waals surface area contributed by atoms with Crippen LogP contribution < -0.4 is 5.32 Å². The fourth-order valence-corrected chi connectivity index (χ4v) is 6.73. The van der Waals surface area contributed by atoms with Crippen LogP contribution in [0.15, 0.2) is 36.5 Å². The minimum Gasteiger partial charge on any atom is -0.394 e. The Morgan fingerprint density at radius 1 is 0.462 bits per heavy atom. The molecule has 0 aliphatic rings. The van der Waals surface area contributed by atoms with Crippen molar-refractivity contribution in [2.24, 2.45) is 0 Å². The number of rotatable bonds is 40. The third-order valence-corrected chi connectivity index (χ3v) is 10.3. The molecule has 0 aromatic carbocycles. The van der Waals surface area contributed by atoms with Crippen molar-refractivity contribution in [3.63, 3.8) is 0 Å². The Morgan fingerprint density at radius 3 is 1.21 bits per heavy atom. The van der Waals surface area contributed by atoms with Crippen LogP contribution in [0.5, 0.6) is 0 Å². The fraction of sp³-hybridized carbons (Fsp3) is 0.848. The predicted octanol–water partition coefficient (Wildman–Crippen LogP) is 11.7. The van der Waals surface area contributed by atoms with Crippen molar-refractivity contribution in [1.82, 2.24) is 5.32 Å². The van der Waals surface area contributed by atoms with Gasteiger partial charge in [-0.1, -0.05) is 192 Å².